The lowest BCUT2D eigenvalue weighted by molar-refractivity contribution is 0.0550. The summed E-state index contributed by atoms with van der Waals surface area (Å²) in [7, 11) is 0. The molecule has 0 aromatic carbocycles. The minimum atomic E-state index is 0.0762. The maximum absolute atomic E-state index is 5.92. The van der Waals surface area contributed by atoms with E-state index >= 15 is 0 Å². The molecule has 2 heteroatoms. The Morgan fingerprint density at radius 3 is 2.75 bits per heavy atom. The van der Waals surface area contributed by atoms with Gasteiger partial charge in [-0.05, 0) is 37.3 Å². The van der Waals surface area contributed by atoms with E-state index in [4.69, 9.17) is 10.5 Å². The summed E-state index contributed by atoms with van der Waals surface area (Å²) in [5.41, 5.74) is 8.64. The number of hydrogen-bond donors (Lipinski definition) is 1. The Hall–Kier alpha value is -0.600. The zero-order valence-corrected chi connectivity index (χ0v) is 11.0. The van der Waals surface area contributed by atoms with E-state index in [0.717, 1.165) is 13.0 Å². The van der Waals surface area contributed by atoms with Gasteiger partial charge < -0.3 is 10.5 Å². The third-order valence-corrected chi connectivity index (χ3v) is 3.35. The SMILES string of the molecule is CCC(C)/C=C\C1=C(C)C([C@H](C)N)OCC1. The molecular formula is C14H25NO. The zero-order chi connectivity index (χ0) is 12.1. The maximum Gasteiger partial charge on any atom is 0.0936 e. The lowest BCUT2D eigenvalue weighted by Gasteiger charge is -2.28. The second-order valence-electron chi connectivity index (χ2n) is 4.85. The second kappa shape index (κ2) is 6.21. The van der Waals surface area contributed by atoms with E-state index < -0.39 is 0 Å². The summed E-state index contributed by atoms with van der Waals surface area (Å²) in [6, 6.07) is 0.0762. The molecule has 2 unspecified atom stereocenters. The van der Waals surface area contributed by atoms with Crippen molar-refractivity contribution >= 4 is 0 Å². The molecule has 3 atom stereocenters. The van der Waals surface area contributed by atoms with Crippen LogP contribution in [0.1, 0.15) is 40.5 Å². The van der Waals surface area contributed by atoms with Crippen molar-refractivity contribution in [2.75, 3.05) is 6.61 Å². The van der Waals surface area contributed by atoms with E-state index in [0.29, 0.717) is 5.92 Å². The van der Waals surface area contributed by atoms with E-state index in [9.17, 15) is 0 Å². The summed E-state index contributed by atoms with van der Waals surface area (Å²) >= 11 is 0. The number of ether oxygens (including phenoxy) is 1. The van der Waals surface area contributed by atoms with Crippen molar-refractivity contribution in [2.24, 2.45) is 11.7 Å². The number of rotatable bonds is 4. The molecule has 1 aliphatic rings. The first kappa shape index (κ1) is 13.5. The highest BCUT2D eigenvalue weighted by Crippen LogP contribution is 2.24. The van der Waals surface area contributed by atoms with Crippen molar-refractivity contribution in [3.05, 3.63) is 23.3 Å². The second-order valence-corrected chi connectivity index (χ2v) is 4.85. The fourth-order valence-electron chi connectivity index (χ4n) is 1.98. The lowest BCUT2D eigenvalue weighted by atomic mass is 9.94. The third-order valence-electron chi connectivity index (χ3n) is 3.35. The normalized spacial score (nSPS) is 26.2. The Balaban J connectivity index is 2.77. The third kappa shape index (κ3) is 3.46. The van der Waals surface area contributed by atoms with Crippen LogP contribution in [0.15, 0.2) is 23.3 Å². The Kier molecular flexibility index (Phi) is 5.23. The first-order chi connectivity index (χ1) is 7.56. The van der Waals surface area contributed by atoms with Crippen LogP contribution in [-0.2, 0) is 4.74 Å². The van der Waals surface area contributed by atoms with Gasteiger partial charge in [0.25, 0.3) is 0 Å². The van der Waals surface area contributed by atoms with Gasteiger partial charge >= 0.3 is 0 Å². The monoisotopic (exact) mass is 223 g/mol. The van der Waals surface area contributed by atoms with Crippen molar-refractivity contribution in [1.29, 1.82) is 0 Å². The fourth-order valence-corrected chi connectivity index (χ4v) is 1.98. The van der Waals surface area contributed by atoms with E-state index in [-0.39, 0.29) is 12.1 Å². The van der Waals surface area contributed by atoms with Gasteiger partial charge in [0.2, 0.25) is 0 Å². The molecule has 0 radical (unpaired) electrons. The number of allylic oxidation sites excluding steroid dienone is 2. The Labute approximate surface area is 99.6 Å². The summed E-state index contributed by atoms with van der Waals surface area (Å²) in [5.74, 6) is 0.650. The highest BCUT2D eigenvalue weighted by atomic mass is 16.5. The molecule has 0 spiro atoms. The van der Waals surface area contributed by atoms with Crippen molar-refractivity contribution < 1.29 is 4.74 Å². The van der Waals surface area contributed by atoms with Gasteiger partial charge in [-0.2, -0.15) is 0 Å². The van der Waals surface area contributed by atoms with E-state index in [1.54, 1.807) is 0 Å². The molecule has 16 heavy (non-hydrogen) atoms. The highest BCUT2D eigenvalue weighted by Gasteiger charge is 2.22. The molecule has 2 nitrogen and oxygen atoms in total. The van der Waals surface area contributed by atoms with Crippen LogP contribution in [0.3, 0.4) is 0 Å². The van der Waals surface area contributed by atoms with Gasteiger partial charge in [0.05, 0.1) is 12.7 Å². The van der Waals surface area contributed by atoms with Crippen molar-refractivity contribution in [2.45, 2.75) is 52.7 Å². The topological polar surface area (TPSA) is 35.2 Å². The first-order valence-electron chi connectivity index (χ1n) is 6.31. The van der Waals surface area contributed by atoms with Crippen molar-refractivity contribution in [1.82, 2.24) is 0 Å². The van der Waals surface area contributed by atoms with Crippen LogP contribution in [0, 0.1) is 5.92 Å². The number of nitrogens with two attached hydrogens (primary N) is 1. The first-order valence-corrected chi connectivity index (χ1v) is 6.31. The highest BCUT2D eigenvalue weighted by molar-refractivity contribution is 5.30. The molecule has 0 fully saturated rings. The molecule has 92 valence electrons. The molecule has 0 amide bonds. The van der Waals surface area contributed by atoms with E-state index in [1.165, 1.54) is 17.6 Å². The summed E-state index contributed by atoms with van der Waals surface area (Å²) in [6.45, 7) is 9.41. The van der Waals surface area contributed by atoms with Crippen LogP contribution in [0.2, 0.25) is 0 Å². The average molecular weight is 223 g/mol. The molecular weight excluding hydrogens is 198 g/mol. The molecule has 0 bridgehead atoms. The predicted molar refractivity (Wildman–Crippen MR) is 69.3 cm³/mol. The van der Waals surface area contributed by atoms with Gasteiger partial charge in [0, 0.05) is 6.04 Å². The summed E-state index contributed by atoms with van der Waals surface area (Å²) < 4.78 is 5.70. The molecule has 0 aliphatic carbocycles. The van der Waals surface area contributed by atoms with Gasteiger partial charge in [0.15, 0.2) is 0 Å². The molecule has 1 heterocycles. The zero-order valence-electron chi connectivity index (χ0n) is 11.0. The molecule has 0 saturated carbocycles. The summed E-state index contributed by atoms with van der Waals surface area (Å²) in [4.78, 5) is 0. The van der Waals surface area contributed by atoms with E-state index in [1.807, 2.05) is 6.92 Å². The largest absolute Gasteiger partial charge is 0.372 e. The van der Waals surface area contributed by atoms with Gasteiger partial charge in [-0.25, -0.2) is 0 Å². The Morgan fingerprint density at radius 2 is 2.19 bits per heavy atom. The fraction of sp³-hybridized carbons (Fsp3) is 0.714. The number of hydrogen-bond acceptors (Lipinski definition) is 2. The standard InChI is InChI=1S/C14H25NO/c1-5-10(2)6-7-13-8-9-16-14(11(13)3)12(4)15/h6-7,10,12,14H,5,8-9,15H2,1-4H3/b7-6-/t10?,12-,14?/m0/s1. The maximum atomic E-state index is 5.92. The summed E-state index contributed by atoms with van der Waals surface area (Å²) in [6.07, 6.45) is 6.87. The average Bonchev–Trinajstić information content (AvgIpc) is 2.26. The molecule has 0 aromatic rings. The van der Waals surface area contributed by atoms with Crippen LogP contribution in [0.5, 0.6) is 0 Å². The summed E-state index contributed by atoms with van der Waals surface area (Å²) in [5, 5.41) is 0. The van der Waals surface area contributed by atoms with Crippen LogP contribution in [-0.4, -0.2) is 18.8 Å². The molecule has 1 rings (SSSR count). The van der Waals surface area contributed by atoms with Crippen molar-refractivity contribution in [3.63, 3.8) is 0 Å². The van der Waals surface area contributed by atoms with Crippen LogP contribution >= 0.6 is 0 Å². The smallest absolute Gasteiger partial charge is 0.0936 e. The minimum Gasteiger partial charge on any atom is -0.372 e. The van der Waals surface area contributed by atoms with Gasteiger partial charge in [0.1, 0.15) is 0 Å². The van der Waals surface area contributed by atoms with E-state index in [2.05, 4.69) is 32.9 Å². The molecule has 0 saturated heterocycles. The lowest BCUT2D eigenvalue weighted by Crippen LogP contribution is -2.37. The molecule has 1 aliphatic heterocycles. The Bertz CT molecular complexity index is 278. The molecule has 0 aromatic heterocycles. The Morgan fingerprint density at radius 1 is 1.50 bits per heavy atom. The van der Waals surface area contributed by atoms with Crippen LogP contribution in [0.25, 0.3) is 0 Å². The molecule has 2 N–H and O–H groups in total. The van der Waals surface area contributed by atoms with Crippen LogP contribution in [0.4, 0.5) is 0 Å². The van der Waals surface area contributed by atoms with Gasteiger partial charge in [-0.1, -0.05) is 32.4 Å². The van der Waals surface area contributed by atoms with Gasteiger partial charge in [-0.15, -0.1) is 0 Å². The van der Waals surface area contributed by atoms with Crippen molar-refractivity contribution in [3.8, 4) is 0 Å². The minimum absolute atomic E-state index is 0.0762. The quantitative estimate of drug-likeness (QED) is 0.795. The van der Waals surface area contributed by atoms with Gasteiger partial charge in [-0.3, -0.25) is 0 Å². The van der Waals surface area contributed by atoms with Crippen LogP contribution < -0.4 is 5.73 Å². The predicted octanol–water partition coefficient (Wildman–Crippen LogP) is 3.04.